The molecule has 1 amide bonds. The Morgan fingerprint density at radius 1 is 1.11 bits per heavy atom. The second kappa shape index (κ2) is 5.41. The average molecular weight is 265 g/mol. The number of carbonyl (C=O) groups is 1. The third kappa shape index (κ3) is 2.52. The van der Waals surface area contributed by atoms with E-state index in [1.165, 1.54) is 32.1 Å². The van der Waals surface area contributed by atoms with Gasteiger partial charge in [0.1, 0.15) is 0 Å². The zero-order chi connectivity index (χ0) is 13.4. The van der Waals surface area contributed by atoms with Crippen LogP contribution in [0.1, 0.15) is 51.9 Å². The highest BCUT2D eigenvalue weighted by molar-refractivity contribution is 5.81. The lowest BCUT2D eigenvalue weighted by molar-refractivity contribution is -0.139. The number of carbonyl (C=O) groups excluding carboxylic acids is 1. The summed E-state index contributed by atoms with van der Waals surface area (Å²) in [6.45, 7) is 4.04. The van der Waals surface area contributed by atoms with Crippen LogP contribution in [0.15, 0.2) is 0 Å². The largest absolute Gasteiger partial charge is 0.341 e. The maximum atomic E-state index is 12.7. The molecule has 0 spiro atoms. The molecule has 3 aliphatic heterocycles. The van der Waals surface area contributed by atoms with Crippen LogP contribution in [0.25, 0.3) is 0 Å². The zero-order valence-electron chi connectivity index (χ0n) is 12.1. The first kappa shape index (κ1) is 13.4. The van der Waals surface area contributed by atoms with Crippen molar-refractivity contribution in [2.45, 2.75) is 76.0 Å². The molecular weight excluding hydrogens is 238 g/mol. The van der Waals surface area contributed by atoms with Crippen LogP contribution in [-0.4, -0.2) is 53.0 Å². The molecule has 19 heavy (non-hydrogen) atoms. The number of piperidine rings is 2. The van der Waals surface area contributed by atoms with Crippen molar-refractivity contribution in [2.24, 2.45) is 5.73 Å². The number of likely N-dealkylation sites (tertiary alicyclic amines) is 1. The summed E-state index contributed by atoms with van der Waals surface area (Å²) in [6.07, 6.45) is 8.25. The molecule has 0 radical (unpaired) electrons. The first-order valence-corrected chi connectivity index (χ1v) is 7.98. The van der Waals surface area contributed by atoms with E-state index in [0.29, 0.717) is 24.0 Å². The highest BCUT2D eigenvalue weighted by atomic mass is 16.2. The minimum Gasteiger partial charge on any atom is -0.341 e. The number of rotatable bonds is 2. The number of fused-ring (bicyclic) bond motifs is 2. The summed E-state index contributed by atoms with van der Waals surface area (Å²) in [5, 5.41) is 0. The van der Waals surface area contributed by atoms with Crippen molar-refractivity contribution in [3.05, 3.63) is 0 Å². The molecule has 3 heterocycles. The fraction of sp³-hybridized carbons (Fsp3) is 0.933. The van der Waals surface area contributed by atoms with Crippen molar-refractivity contribution in [2.75, 3.05) is 13.1 Å². The summed E-state index contributed by atoms with van der Waals surface area (Å²) in [4.78, 5) is 17.2. The van der Waals surface area contributed by atoms with E-state index < -0.39 is 0 Å². The fourth-order valence-electron chi connectivity index (χ4n) is 4.39. The van der Waals surface area contributed by atoms with E-state index in [1.54, 1.807) is 0 Å². The van der Waals surface area contributed by atoms with Crippen molar-refractivity contribution in [1.82, 2.24) is 9.80 Å². The predicted molar refractivity (Wildman–Crippen MR) is 75.8 cm³/mol. The maximum absolute atomic E-state index is 12.7. The van der Waals surface area contributed by atoms with E-state index in [4.69, 9.17) is 5.73 Å². The number of hydrogen-bond donors (Lipinski definition) is 1. The third-order valence-electron chi connectivity index (χ3n) is 5.30. The van der Waals surface area contributed by atoms with Crippen molar-refractivity contribution in [3.63, 3.8) is 0 Å². The Kier molecular flexibility index (Phi) is 3.81. The van der Waals surface area contributed by atoms with Crippen LogP contribution in [0.2, 0.25) is 0 Å². The Hall–Kier alpha value is -0.610. The summed E-state index contributed by atoms with van der Waals surface area (Å²) in [7, 11) is 0. The number of nitrogens with two attached hydrogens (primary N) is 1. The van der Waals surface area contributed by atoms with Gasteiger partial charge >= 0.3 is 0 Å². The SMILES string of the molecule is CC(C(=O)N1CCCCC1)N1C2CCC1CC(N)C2. The highest BCUT2D eigenvalue weighted by Gasteiger charge is 2.44. The van der Waals surface area contributed by atoms with Crippen LogP contribution in [0.3, 0.4) is 0 Å². The lowest BCUT2D eigenvalue weighted by Crippen LogP contribution is -2.56. The molecule has 2 bridgehead atoms. The van der Waals surface area contributed by atoms with Crippen molar-refractivity contribution in [1.29, 1.82) is 0 Å². The lowest BCUT2D eigenvalue weighted by atomic mass is 9.96. The molecular formula is C15H27N3O. The summed E-state index contributed by atoms with van der Waals surface area (Å²) in [5.41, 5.74) is 6.11. The molecule has 3 aliphatic rings. The van der Waals surface area contributed by atoms with Gasteiger partial charge in [-0.2, -0.15) is 0 Å². The van der Waals surface area contributed by atoms with E-state index in [1.807, 2.05) is 0 Å². The van der Waals surface area contributed by atoms with E-state index in [9.17, 15) is 4.79 Å². The first-order chi connectivity index (χ1) is 9.16. The number of nitrogens with zero attached hydrogens (tertiary/aromatic N) is 2. The van der Waals surface area contributed by atoms with Crippen molar-refractivity contribution >= 4 is 5.91 Å². The minimum absolute atomic E-state index is 0.0584. The second-order valence-electron chi connectivity index (χ2n) is 6.63. The highest BCUT2D eigenvalue weighted by Crippen LogP contribution is 2.37. The van der Waals surface area contributed by atoms with Gasteiger partial charge in [-0.15, -0.1) is 0 Å². The normalized spacial score (nSPS) is 37.4. The van der Waals surface area contributed by atoms with Gasteiger partial charge in [0.25, 0.3) is 0 Å². The molecule has 0 aromatic carbocycles. The van der Waals surface area contributed by atoms with Gasteiger partial charge in [0, 0.05) is 31.2 Å². The Labute approximate surface area is 116 Å². The van der Waals surface area contributed by atoms with Crippen LogP contribution in [0.4, 0.5) is 0 Å². The molecule has 0 saturated carbocycles. The average Bonchev–Trinajstić information content (AvgIpc) is 2.70. The van der Waals surface area contributed by atoms with Gasteiger partial charge in [-0.05, 0) is 51.9 Å². The molecule has 0 aliphatic carbocycles. The number of hydrogen-bond acceptors (Lipinski definition) is 3. The van der Waals surface area contributed by atoms with Crippen LogP contribution < -0.4 is 5.73 Å². The molecule has 108 valence electrons. The summed E-state index contributed by atoms with van der Waals surface area (Å²) < 4.78 is 0. The van der Waals surface area contributed by atoms with E-state index in [-0.39, 0.29) is 6.04 Å². The Morgan fingerprint density at radius 2 is 1.68 bits per heavy atom. The summed E-state index contributed by atoms with van der Waals surface area (Å²) in [5.74, 6) is 0.354. The molecule has 3 unspecified atom stereocenters. The summed E-state index contributed by atoms with van der Waals surface area (Å²) in [6, 6.07) is 1.52. The smallest absolute Gasteiger partial charge is 0.239 e. The van der Waals surface area contributed by atoms with Gasteiger partial charge in [0.05, 0.1) is 6.04 Å². The first-order valence-electron chi connectivity index (χ1n) is 7.98. The molecule has 0 aromatic heterocycles. The molecule has 3 atom stereocenters. The van der Waals surface area contributed by atoms with Crippen molar-refractivity contribution in [3.8, 4) is 0 Å². The Balaban J connectivity index is 1.66. The molecule has 3 saturated heterocycles. The Bertz CT molecular complexity index is 326. The van der Waals surface area contributed by atoms with Gasteiger partial charge in [-0.3, -0.25) is 9.69 Å². The Morgan fingerprint density at radius 3 is 2.26 bits per heavy atom. The molecule has 0 aromatic rings. The second-order valence-corrected chi connectivity index (χ2v) is 6.63. The molecule has 3 rings (SSSR count). The van der Waals surface area contributed by atoms with Gasteiger partial charge < -0.3 is 10.6 Å². The third-order valence-corrected chi connectivity index (χ3v) is 5.30. The number of amides is 1. The van der Waals surface area contributed by atoms with Gasteiger partial charge in [-0.1, -0.05) is 0 Å². The minimum atomic E-state index is 0.0584. The molecule has 3 fully saturated rings. The maximum Gasteiger partial charge on any atom is 0.239 e. The lowest BCUT2D eigenvalue weighted by Gasteiger charge is -2.42. The van der Waals surface area contributed by atoms with E-state index in [0.717, 1.165) is 25.9 Å². The molecule has 2 N–H and O–H groups in total. The fourth-order valence-corrected chi connectivity index (χ4v) is 4.39. The van der Waals surface area contributed by atoms with E-state index >= 15 is 0 Å². The van der Waals surface area contributed by atoms with Crippen molar-refractivity contribution < 1.29 is 4.79 Å². The quantitative estimate of drug-likeness (QED) is 0.820. The topological polar surface area (TPSA) is 49.6 Å². The van der Waals surface area contributed by atoms with Crippen LogP contribution in [-0.2, 0) is 4.79 Å². The van der Waals surface area contributed by atoms with Gasteiger partial charge in [0.15, 0.2) is 0 Å². The van der Waals surface area contributed by atoms with Crippen LogP contribution in [0, 0.1) is 0 Å². The van der Waals surface area contributed by atoms with Crippen LogP contribution >= 0.6 is 0 Å². The van der Waals surface area contributed by atoms with E-state index in [2.05, 4.69) is 16.7 Å². The predicted octanol–water partition coefficient (Wildman–Crippen LogP) is 1.34. The van der Waals surface area contributed by atoms with Gasteiger partial charge in [0.2, 0.25) is 5.91 Å². The standard InChI is InChI=1S/C15H27N3O/c1-11(15(19)17-7-3-2-4-8-17)18-13-5-6-14(18)10-12(16)9-13/h11-14H,2-10,16H2,1H3. The molecule has 4 heteroatoms. The zero-order valence-corrected chi connectivity index (χ0v) is 12.1. The molecule has 4 nitrogen and oxygen atoms in total. The summed E-state index contributed by atoms with van der Waals surface area (Å²) >= 11 is 0. The monoisotopic (exact) mass is 265 g/mol. The van der Waals surface area contributed by atoms with Crippen LogP contribution in [0.5, 0.6) is 0 Å². The van der Waals surface area contributed by atoms with Gasteiger partial charge in [-0.25, -0.2) is 0 Å².